The number of nitrogens with two attached hydrogens (primary N) is 2. The van der Waals surface area contributed by atoms with Gasteiger partial charge in [-0.2, -0.15) is 13.2 Å². The predicted molar refractivity (Wildman–Crippen MR) is 78.9 cm³/mol. The van der Waals surface area contributed by atoms with Gasteiger partial charge in [-0.25, -0.2) is 0 Å². The van der Waals surface area contributed by atoms with E-state index in [0.29, 0.717) is 25.1 Å². The Balaban J connectivity index is 2.74. The molecule has 0 radical (unpaired) electrons. The molecular weight excluding hydrogens is 303 g/mol. The normalized spacial score (nSPS) is 11.2. The first kappa shape index (κ1) is 17.2. The van der Waals surface area contributed by atoms with Crippen LogP contribution in [0.3, 0.4) is 0 Å². The Bertz CT molecular complexity index is 532. The van der Waals surface area contributed by atoms with Crippen molar-refractivity contribution in [3.63, 3.8) is 0 Å². The summed E-state index contributed by atoms with van der Waals surface area (Å²) >= 11 is 4.78. The van der Waals surface area contributed by atoms with Crippen molar-refractivity contribution in [1.29, 1.82) is 0 Å². The molecule has 4 nitrogen and oxygen atoms in total. The summed E-state index contributed by atoms with van der Waals surface area (Å²) in [4.78, 5) is 10.5. The third-order valence-corrected chi connectivity index (χ3v) is 3.00. The number of halogens is 3. The molecule has 0 spiro atoms. The molecule has 0 atom stereocenters. The first-order valence-corrected chi connectivity index (χ1v) is 6.66. The highest BCUT2D eigenvalue weighted by molar-refractivity contribution is 7.80. The van der Waals surface area contributed by atoms with Gasteiger partial charge in [0.05, 0.1) is 5.56 Å². The van der Waals surface area contributed by atoms with Crippen LogP contribution in [0.4, 0.5) is 18.9 Å². The highest BCUT2D eigenvalue weighted by atomic mass is 32.1. The van der Waals surface area contributed by atoms with Crippen molar-refractivity contribution in [3.8, 4) is 0 Å². The van der Waals surface area contributed by atoms with Gasteiger partial charge < -0.3 is 16.8 Å². The van der Waals surface area contributed by atoms with Gasteiger partial charge in [-0.1, -0.05) is 12.2 Å². The number of benzene rings is 1. The highest BCUT2D eigenvalue weighted by Crippen LogP contribution is 2.31. The third-order valence-electron chi connectivity index (χ3n) is 2.78. The van der Waals surface area contributed by atoms with Crippen molar-refractivity contribution in [1.82, 2.24) is 0 Å². The molecule has 116 valence electrons. The number of carbonyl (C=O) groups is 1. The summed E-state index contributed by atoms with van der Waals surface area (Å²) in [5, 5.41) is 2.96. The number of thiocarbonyl (C=S) groups is 1. The molecule has 1 rings (SSSR count). The summed E-state index contributed by atoms with van der Waals surface area (Å²) in [5.41, 5.74) is 10.3. The van der Waals surface area contributed by atoms with Crippen LogP contribution in [0.2, 0.25) is 0 Å². The van der Waals surface area contributed by atoms with E-state index in [1.165, 1.54) is 6.07 Å². The summed E-state index contributed by atoms with van der Waals surface area (Å²) in [7, 11) is 0. The van der Waals surface area contributed by atoms with Gasteiger partial charge in [0.2, 0.25) is 5.91 Å². The number of alkyl halides is 3. The molecule has 1 aromatic rings. The summed E-state index contributed by atoms with van der Waals surface area (Å²) in [6, 6.07) is 3.19. The van der Waals surface area contributed by atoms with E-state index in [1.807, 2.05) is 0 Å². The first-order valence-electron chi connectivity index (χ1n) is 6.25. The number of amides is 1. The van der Waals surface area contributed by atoms with Crippen LogP contribution < -0.4 is 16.8 Å². The number of carbonyl (C=O) groups excluding carboxylic acids is 1. The lowest BCUT2D eigenvalue weighted by Crippen LogP contribution is -2.16. The van der Waals surface area contributed by atoms with Gasteiger partial charge in [0, 0.05) is 24.2 Å². The standard InChI is InChI=1S/C13H16F3N3OS/c14-13(15,16)8-4-5-10(9(7-8)12(18)21)19-6-2-1-3-11(17)20/h4-5,7,19H,1-3,6H2,(H2,17,20)(H2,18,21). The van der Waals surface area contributed by atoms with Crippen LogP contribution >= 0.6 is 12.2 Å². The zero-order chi connectivity index (χ0) is 16.0. The van der Waals surface area contributed by atoms with Crippen molar-refractivity contribution in [3.05, 3.63) is 29.3 Å². The molecular formula is C13H16F3N3OS. The Kier molecular flexibility index (Phi) is 5.95. The number of anilines is 1. The maximum Gasteiger partial charge on any atom is 0.416 e. The fourth-order valence-electron chi connectivity index (χ4n) is 1.73. The van der Waals surface area contributed by atoms with Crippen LogP contribution in [0.25, 0.3) is 0 Å². The molecule has 21 heavy (non-hydrogen) atoms. The summed E-state index contributed by atoms with van der Waals surface area (Å²) < 4.78 is 37.9. The molecule has 0 aromatic heterocycles. The Morgan fingerprint density at radius 1 is 1.24 bits per heavy atom. The Morgan fingerprint density at radius 3 is 2.43 bits per heavy atom. The second-order valence-electron chi connectivity index (χ2n) is 4.47. The maximum atomic E-state index is 12.6. The van der Waals surface area contributed by atoms with Gasteiger partial charge in [-0.3, -0.25) is 4.79 Å². The smallest absolute Gasteiger partial charge is 0.389 e. The van der Waals surface area contributed by atoms with E-state index < -0.39 is 11.7 Å². The molecule has 1 amide bonds. The summed E-state index contributed by atoms with van der Waals surface area (Å²) in [6.45, 7) is 0.480. The van der Waals surface area contributed by atoms with Gasteiger partial charge in [0.15, 0.2) is 0 Å². The zero-order valence-corrected chi connectivity index (χ0v) is 12.0. The molecule has 0 saturated heterocycles. The van der Waals surface area contributed by atoms with Gasteiger partial charge in [0.1, 0.15) is 4.99 Å². The molecule has 8 heteroatoms. The topological polar surface area (TPSA) is 81.1 Å². The van der Waals surface area contributed by atoms with Gasteiger partial charge in [0.25, 0.3) is 0 Å². The average Bonchev–Trinajstić information content (AvgIpc) is 2.36. The second-order valence-corrected chi connectivity index (χ2v) is 4.91. The van der Waals surface area contributed by atoms with Crippen LogP contribution in [0.5, 0.6) is 0 Å². The lowest BCUT2D eigenvalue weighted by atomic mass is 10.1. The highest BCUT2D eigenvalue weighted by Gasteiger charge is 2.31. The number of rotatable bonds is 7. The molecule has 5 N–H and O–H groups in total. The lowest BCUT2D eigenvalue weighted by molar-refractivity contribution is -0.137. The molecule has 0 heterocycles. The van der Waals surface area contributed by atoms with Gasteiger partial charge in [-0.15, -0.1) is 0 Å². The third kappa shape index (κ3) is 5.58. The molecule has 1 aromatic carbocycles. The largest absolute Gasteiger partial charge is 0.416 e. The predicted octanol–water partition coefficient (Wildman–Crippen LogP) is 2.41. The van der Waals surface area contributed by atoms with E-state index in [9.17, 15) is 18.0 Å². The number of nitrogens with one attached hydrogen (secondary N) is 1. The van der Waals surface area contributed by atoms with E-state index in [0.717, 1.165) is 12.1 Å². The monoisotopic (exact) mass is 319 g/mol. The van der Waals surface area contributed by atoms with E-state index in [1.54, 1.807) is 0 Å². The summed E-state index contributed by atoms with van der Waals surface area (Å²) in [5.74, 6) is -0.381. The van der Waals surface area contributed by atoms with Crippen LogP contribution in [-0.4, -0.2) is 17.4 Å². The fraction of sp³-hybridized carbons (Fsp3) is 0.385. The number of primary amides is 1. The maximum absolute atomic E-state index is 12.6. The Hall–Kier alpha value is -1.83. The Morgan fingerprint density at radius 2 is 1.90 bits per heavy atom. The SMILES string of the molecule is NC(=O)CCCCNc1ccc(C(F)(F)F)cc1C(N)=S. The van der Waals surface area contributed by atoms with Crippen LogP contribution in [0.15, 0.2) is 18.2 Å². The van der Waals surface area contributed by atoms with Crippen LogP contribution in [0.1, 0.15) is 30.4 Å². The molecule has 0 aliphatic rings. The van der Waals surface area contributed by atoms with Gasteiger partial charge >= 0.3 is 6.18 Å². The summed E-state index contributed by atoms with van der Waals surface area (Å²) in [6.07, 6.45) is -2.91. The van der Waals surface area contributed by atoms with E-state index >= 15 is 0 Å². The molecule has 0 aliphatic carbocycles. The molecule has 0 unspecified atom stereocenters. The number of unbranched alkanes of at least 4 members (excludes halogenated alkanes) is 1. The van der Waals surface area contributed by atoms with E-state index in [4.69, 9.17) is 23.7 Å². The molecule has 0 fully saturated rings. The van der Waals surface area contributed by atoms with Crippen molar-refractivity contribution < 1.29 is 18.0 Å². The van der Waals surface area contributed by atoms with E-state index in [-0.39, 0.29) is 22.9 Å². The Labute approximate surface area is 125 Å². The fourth-order valence-corrected chi connectivity index (χ4v) is 1.89. The van der Waals surface area contributed by atoms with Crippen molar-refractivity contribution in [2.75, 3.05) is 11.9 Å². The lowest BCUT2D eigenvalue weighted by Gasteiger charge is -2.14. The molecule has 0 bridgehead atoms. The second kappa shape index (κ2) is 7.26. The number of hydrogen-bond acceptors (Lipinski definition) is 3. The molecule has 0 saturated carbocycles. The van der Waals surface area contributed by atoms with E-state index in [2.05, 4.69) is 5.32 Å². The minimum atomic E-state index is -4.44. The van der Waals surface area contributed by atoms with Gasteiger partial charge in [-0.05, 0) is 31.0 Å². The number of hydrogen-bond donors (Lipinski definition) is 3. The minimum absolute atomic E-state index is 0.110. The average molecular weight is 319 g/mol. The first-order chi connectivity index (χ1) is 9.71. The minimum Gasteiger partial charge on any atom is -0.389 e. The van der Waals surface area contributed by atoms with Crippen molar-refractivity contribution in [2.24, 2.45) is 11.5 Å². The quantitative estimate of drug-likeness (QED) is 0.532. The van der Waals surface area contributed by atoms with Crippen molar-refractivity contribution >= 4 is 28.8 Å². The van der Waals surface area contributed by atoms with Crippen molar-refractivity contribution in [2.45, 2.75) is 25.4 Å². The van der Waals surface area contributed by atoms with Crippen LogP contribution in [-0.2, 0) is 11.0 Å². The van der Waals surface area contributed by atoms with Crippen LogP contribution in [0, 0.1) is 0 Å². The zero-order valence-electron chi connectivity index (χ0n) is 11.2. The molecule has 0 aliphatic heterocycles.